The minimum atomic E-state index is -0.120. The highest BCUT2D eigenvalue weighted by atomic mass is 16.5. The predicted molar refractivity (Wildman–Crippen MR) is 72.8 cm³/mol. The molecule has 1 fully saturated rings. The fourth-order valence-electron chi connectivity index (χ4n) is 3.30. The van der Waals surface area contributed by atoms with Gasteiger partial charge in [-0.3, -0.25) is 0 Å². The Kier molecular flexibility index (Phi) is 3.11. The number of hydrogen-bond donors (Lipinski definition) is 2. The number of aromatic hydroxyl groups is 1. The molecule has 1 aliphatic carbocycles. The molecule has 102 valence electrons. The van der Waals surface area contributed by atoms with Gasteiger partial charge in [0.15, 0.2) is 0 Å². The highest BCUT2D eigenvalue weighted by Gasteiger charge is 2.45. The van der Waals surface area contributed by atoms with E-state index < -0.39 is 0 Å². The van der Waals surface area contributed by atoms with Crippen molar-refractivity contribution < 1.29 is 14.9 Å². The van der Waals surface area contributed by atoms with Crippen LogP contribution in [0.2, 0.25) is 0 Å². The molecule has 0 saturated carbocycles. The lowest BCUT2D eigenvalue weighted by atomic mass is 9.66. The van der Waals surface area contributed by atoms with Gasteiger partial charge >= 0.3 is 0 Å². The lowest BCUT2D eigenvalue weighted by Crippen LogP contribution is -2.43. The molecule has 1 unspecified atom stereocenters. The molecule has 0 spiro atoms. The molecule has 0 amide bonds. The maximum absolute atomic E-state index is 10.0. The maximum atomic E-state index is 10.0. The molecule has 1 aromatic carbocycles. The first kappa shape index (κ1) is 12.7. The van der Waals surface area contributed by atoms with E-state index in [1.165, 1.54) is 5.57 Å². The van der Waals surface area contributed by atoms with Crippen LogP contribution in [-0.2, 0) is 4.74 Å². The molecule has 0 radical (unpaired) electrons. The van der Waals surface area contributed by atoms with Crippen molar-refractivity contribution in [3.63, 3.8) is 0 Å². The molecule has 1 aliphatic heterocycles. The highest BCUT2D eigenvalue weighted by Crippen LogP contribution is 2.51. The Morgan fingerprint density at radius 2 is 2.16 bits per heavy atom. The summed E-state index contributed by atoms with van der Waals surface area (Å²) in [7, 11) is 0. The van der Waals surface area contributed by atoms with Gasteiger partial charge in [-0.1, -0.05) is 29.8 Å². The van der Waals surface area contributed by atoms with Crippen LogP contribution in [0.4, 0.5) is 0 Å². The largest absolute Gasteiger partial charge is 0.508 e. The van der Waals surface area contributed by atoms with Gasteiger partial charge in [0, 0.05) is 16.9 Å². The second-order valence-electron chi connectivity index (χ2n) is 5.91. The molecule has 3 rings (SSSR count). The zero-order chi connectivity index (χ0) is 13.5. The normalized spacial score (nSPS) is 33.9. The summed E-state index contributed by atoms with van der Waals surface area (Å²) in [4.78, 5) is 0. The summed E-state index contributed by atoms with van der Waals surface area (Å²) in [5.74, 6) is 0.547. The number of phenols is 1. The highest BCUT2D eigenvalue weighted by molar-refractivity contribution is 5.36. The van der Waals surface area contributed by atoms with E-state index in [0.29, 0.717) is 12.4 Å². The number of allylic oxidation sites excluding steroid dienone is 1. The standard InChI is InChI=1S/C16H20O3/c1-11-6-7-16(9-17)8-13(11)15(19-10-16)12-4-2-3-5-14(12)18/h2-6,13,15,17-18H,7-10H2,1H3/t13-,15?,16+/m0/s1. The average Bonchev–Trinajstić information content (AvgIpc) is 2.45. The fraction of sp³-hybridized carbons (Fsp3) is 0.500. The van der Waals surface area contributed by atoms with E-state index in [0.717, 1.165) is 18.4 Å². The average molecular weight is 260 g/mol. The molecule has 19 heavy (non-hydrogen) atoms. The first-order valence-corrected chi connectivity index (χ1v) is 6.82. The Bertz CT molecular complexity index is 508. The Hall–Kier alpha value is -1.32. The number of para-hydroxylation sites is 1. The van der Waals surface area contributed by atoms with Crippen molar-refractivity contribution in [3.05, 3.63) is 41.5 Å². The van der Waals surface area contributed by atoms with E-state index in [2.05, 4.69) is 13.0 Å². The topological polar surface area (TPSA) is 49.7 Å². The first-order chi connectivity index (χ1) is 9.15. The van der Waals surface area contributed by atoms with Crippen molar-refractivity contribution in [1.29, 1.82) is 0 Å². The number of hydrogen-bond acceptors (Lipinski definition) is 3. The predicted octanol–water partition coefficient (Wildman–Crippen LogP) is 2.80. The van der Waals surface area contributed by atoms with E-state index in [1.807, 2.05) is 18.2 Å². The summed E-state index contributed by atoms with van der Waals surface area (Å²) in [6.07, 6.45) is 3.95. The van der Waals surface area contributed by atoms with E-state index >= 15 is 0 Å². The van der Waals surface area contributed by atoms with Crippen LogP contribution < -0.4 is 0 Å². The summed E-state index contributed by atoms with van der Waals surface area (Å²) >= 11 is 0. The van der Waals surface area contributed by atoms with Crippen LogP contribution >= 0.6 is 0 Å². The lowest BCUT2D eigenvalue weighted by molar-refractivity contribution is -0.114. The van der Waals surface area contributed by atoms with Gasteiger partial charge in [-0.25, -0.2) is 0 Å². The molecule has 1 aromatic rings. The van der Waals surface area contributed by atoms with Gasteiger partial charge in [-0.15, -0.1) is 0 Å². The van der Waals surface area contributed by atoms with E-state index in [-0.39, 0.29) is 24.0 Å². The van der Waals surface area contributed by atoms with Gasteiger partial charge in [-0.05, 0) is 25.8 Å². The number of aliphatic hydroxyl groups excluding tert-OH is 1. The summed E-state index contributed by atoms with van der Waals surface area (Å²) in [5.41, 5.74) is 2.04. The molecule has 1 saturated heterocycles. The van der Waals surface area contributed by atoms with Crippen LogP contribution in [0.3, 0.4) is 0 Å². The van der Waals surface area contributed by atoms with E-state index in [4.69, 9.17) is 4.74 Å². The van der Waals surface area contributed by atoms with Crippen molar-refractivity contribution in [2.24, 2.45) is 11.3 Å². The summed E-state index contributed by atoms with van der Waals surface area (Å²) in [6.45, 7) is 2.84. The minimum Gasteiger partial charge on any atom is -0.508 e. The van der Waals surface area contributed by atoms with Gasteiger partial charge in [0.25, 0.3) is 0 Å². The third kappa shape index (κ3) is 2.07. The second kappa shape index (κ2) is 4.66. The molecule has 3 nitrogen and oxygen atoms in total. The fourth-order valence-corrected chi connectivity index (χ4v) is 3.30. The van der Waals surface area contributed by atoms with Crippen molar-refractivity contribution in [2.75, 3.05) is 13.2 Å². The van der Waals surface area contributed by atoms with Crippen LogP contribution in [0.1, 0.15) is 31.4 Å². The van der Waals surface area contributed by atoms with Gasteiger partial charge < -0.3 is 14.9 Å². The molecule has 2 bridgehead atoms. The Morgan fingerprint density at radius 3 is 2.89 bits per heavy atom. The molecular formula is C16H20O3. The van der Waals surface area contributed by atoms with Gasteiger partial charge in [-0.2, -0.15) is 0 Å². The Balaban J connectivity index is 1.96. The maximum Gasteiger partial charge on any atom is 0.121 e. The number of benzene rings is 1. The van der Waals surface area contributed by atoms with Crippen molar-refractivity contribution >= 4 is 0 Å². The number of phenolic OH excluding ortho intramolecular Hbond substituents is 1. The van der Waals surface area contributed by atoms with E-state index in [9.17, 15) is 10.2 Å². The van der Waals surface area contributed by atoms with Crippen LogP contribution in [0.5, 0.6) is 5.75 Å². The molecule has 2 aliphatic rings. The van der Waals surface area contributed by atoms with Gasteiger partial charge in [0.2, 0.25) is 0 Å². The van der Waals surface area contributed by atoms with Crippen molar-refractivity contribution in [1.82, 2.24) is 0 Å². The third-order valence-electron chi connectivity index (χ3n) is 4.61. The van der Waals surface area contributed by atoms with Crippen LogP contribution in [0.25, 0.3) is 0 Å². The summed E-state index contributed by atoms with van der Waals surface area (Å²) in [6, 6.07) is 7.37. The number of ether oxygens (including phenoxy) is 1. The molecule has 3 atom stereocenters. The monoisotopic (exact) mass is 260 g/mol. The molecule has 1 heterocycles. The van der Waals surface area contributed by atoms with Crippen molar-refractivity contribution in [2.45, 2.75) is 25.9 Å². The van der Waals surface area contributed by atoms with Gasteiger partial charge in [0.05, 0.1) is 19.3 Å². The Labute approximate surface area is 113 Å². The first-order valence-electron chi connectivity index (χ1n) is 6.82. The van der Waals surface area contributed by atoms with Crippen LogP contribution in [0, 0.1) is 11.3 Å². The minimum absolute atomic E-state index is 0.0996. The quantitative estimate of drug-likeness (QED) is 0.804. The molecule has 3 heteroatoms. The van der Waals surface area contributed by atoms with Crippen molar-refractivity contribution in [3.8, 4) is 5.75 Å². The van der Waals surface area contributed by atoms with Crippen LogP contribution in [-0.4, -0.2) is 23.4 Å². The molecule has 0 aromatic heterocycles. The summed E-state index contributed by atoms with van der Waals surface area (Å²) < 4.78 is 6.02. The lowest BCUT2D eigenvalue weighted by Gasteiger charge is -2.47. The SMILES string of the molecule is CC1=CC[C@@]2(CO)COC(c3ccccc3O)[C@H]1C2. The number of aliphatic hydroxyl groups is 1. The molecule has 2 N–H and O–H groups in total. The zero-order valence-electron chi connectivity index (χ0n) is 11.2. The smallest absolute Gasteiger partial charge is 0.121 e. The second-order valence-corrected chi connectivity index (χ2v) is 5.91. The number of fused-ring (bicyclic) bond motifs is 2. The number of rotatable bonds is 2. The Morgan fingerprint density at radius 1 is 1.37 bits per heavy atom. The molecular weight excluding hydrogens is 240 g/mol. The third-order valence-corrected chi connectivity index (χ3v) is 4.61. The summed E-state index contributed by atoms with van der Waals surface area (Å²) in [5, 5.41) is 19.7. The van der Waals surface area contributed by atoms with Crippen LogP contribution in [0.15, 0.2) is 35.9 Å². The zero-order valence-corrected chi connectivity index (χ0v) is 11.2. The van der Waals surface area contributed by atoms with Gasteiger partial charge in [0.1, 0.15) is 5.75 Å². The van der Waals surface area contributed by atoms with E-state index in [1.54, 1.807) is 6.07 Å².